The van der Waals surface area contributed by atoms with E-state index in [4.69, 9.17) is 0 Å². The van der Waals surface area contributed by atoms with Crippen molar-refractivity contribution in [1.82, 2.24) is 19.4 Å². The molecule has 0 radical (unpaired) electrons. The lowest BCUT2D eigenvalue weighted by atomic mass is 9.96. The first kappa shape index (κ1) is 20.8. The fourth-order valence-electron chi connectivity index (χ4n) is 4.83. The molecule has 0 bridgehead atoms. The number of amides is 1. The van der Waals surface area contributed by atoms with Crippen LogP contribution in [0, 0.1) is 12.8 Å². The molecule has 0 N–H and O–H groups in total. The molecule has 6 heteroatoms. The van der Waals surface area contributed by atoms with E-state index in [1.54, 1.807) is 6.07 Å². The molecule has 0 spiro atoms. The Labute approximate surface area is 178 Å². The van der Waals surface area contributed by atoms with E-state index in [9.17, 15) is 9.59 Å². The smallest absolute Gasteiger partial charge is 0.259 e. The molecule has 4 rings (SSSR count). The van der Waals surface area contributed by atoms with Crippen molar-refractivity contribution >= 4 is 5.91 Å². The summed E-state index contributed by atoms with van der Waals surface area (Å²) in [6.45, 7) is 5.63. The molecule has 1 aliphatic heterocycles. The second-order valence-electron chi connectivity index (χ2n) is 8.77. The Morgan fingerprint density at radius 1 is 1.13 bits per heavy atom. The molecule has 1 saturated heterocycles. The highest BCUT2D eigenvalue weighted by Gasteiger charge is 2.28. The van der Waals surface area contributed by atoms with Crippen LogP contribution in [0.5, 0.6) is 0 Å². The largest absolute Gasteiger partial charge is 0.351 e. The van der Waals surface area contributed by atoms with Crippen molar-refractivity contribution in [3.8, 4) is 0 Å². The molecule has 160 valence electrons. The summed E-state index contributed by atoms with van der Waals surface area (Å²) in [5.74, 6) is 0.486. The van der Waals surface area contributed by atoms with Gasteiger partial charge in [0.05, 0.1) is 5.69 Å². The standard InChI is InChI=1S/C24H32N4O2/c1-18-15-22(29)23(21(26(18)2)16-19-7-3-4-8-19)24(30)28-13-11-27(12-14-28)17-20-9-5-6-10-25-20/h5-6,9-10,15,19H,3-4,7-8,11-14,16-17H2,1-2H3. The van der Waals surface area contributed by atoms with E-state index in [1.807, 2.05) is 43.3 Å². The number of hydrogen-bond donors (Lipinski definition) is 0. The minimum Gasteiger partial charge on any atom is -0.351 e. The number of carbonyl (C=O) groups is 1. The Hall–Kier alpha value is -2.47. The Bertz CT molecular complexity index is 940. The summed E-state index contributed by atoms with van der Waals surface area (Å²) in [4.78, 5) is 34.9. The number of piperazine rings is 1. The van der Waals surface area contributed by atoms with Gasteiger partial charge in [0.15, 0.2) is 5.43 Å². The zero-order valence-corrected chi connectivity index (χ0v) is 18.1. The molecule has 2 aromatic rings. The fraction of sp³-hybridized carbons (Fsp3) is 0.542. The fourth-order valence-corrected chi connectivity index (χ4v) is 4.83. The lowest BCUT2D eigenvalue weighted by Gasteiger charge is -2.35. The van der Waals surface area contributed by atoms with Crippen LogP contribution in [-0.2, 0) is 20.0 Å². The average Bonchev–Trinajstić information content (AvgIpc) is 3.26. The molecule has 1 saturated carbocycles. The third-order valence-corrected chi connectivity index (χ3v) is 6.75. The van der Waals surface area contributed by atoms with E-state index in [-0.39, 0.29) is 11.3 Å². The van der Waals surface area contributed by atoms with Gasteiger partial charge in [0.2, 0.25) is 0 Å². The minimum absolute atomic E-state index is 0.0962. The molecule has 1 amide bonds. The number of nitrogens with zero attached hydrogens (tertiary/aromatic N) is 4. The lowest BCUT2D eigenvalue weighted by Crippen LogP contribution is -2.49. The average molecular weight is 409 g/mol. The summed E-state index contributed by atoms with van der Waals surface area (Å²) in [5.41, 5.74) is 3.16. The highest BCUT2D eigenvalue weighted by Crippen LogP contribution is 2.29. The lowest BCUT2D eigenvalue weighted by molar-refractivity contribution is 0.0623. The molecule has 3 heterocycles. The van der Waals surface area contributed by atoms with Crippen LogP contribution in [0.1, 0.15) is 53.1 Å². The number of aryl methyl sites for hydroxylation is 1. The monoisotopic (exact) mass is 408 g/mol. The third-order valence-electron chi connectivity index (χ3n) is 6.75. The quantitative estimate of drug-likeness (QED) is 0.763. The topological polar surface area (TPSA) is 58.4 Å². The summed E-state index contributed by atoms with van der Waals surface area (Å²) < 4.78 is 2.06. The Kier molecular flexibility index (Phi) is 6.32. The van der Waals surface area contributed by atoms with Crippen LogP contribution in [0.2, 0.25) is 0 Å². The van der Waals surface area contributed by atoms with Gasteiger partial charge in [0, 0.05) is 63.4 Å². The normalized spacial score (nSPS) is 18.1. The summed E-state index contributed by atoms with van der Waals surface area (Å²) in [6.07, 6.45) is 7.55. The maximum Gasteiger partial charge on any atom is 0.259 e. The Balaban J connectivity index is 1.49. The maximum atomic E-state index is 13.4. The second kappa shape index (κ2) is 9.13. The predicted octanol–water partition coefficient (Wildman–Crippen LogP) is 2.78. The molecule has 1 aliphatic carbocycles. The zero-order valence-electron chi connectivity index (χ0n) is 18.1. The van der Waals surface area contributed by atoms with Crippen molar-refractivity contribution in [3.05, 3.63) is 63.3 Å². The number of rotatable bonds is 5. The van der Waals surface area contributed by atoms with Crippen LogP contribution in [0.4, 0.5) is 0 Å². The Morgan fingerprint density at radius 2 is 1.87 bits per heavy atom. The minimum atomic E-state index is -0.125. The predicted molar refractivity (Wildman–Crippen MR) is 117 cm³/mol. The second-order valence-corrected chi connectivity index (χ2v) is 8.77. The van der Waals surface area contributed by atoms with Gasteiger partial charge < -0.3 is 9.47 Å². The number of aromatic nitrogens is 2. The molecular weight excluding hydrogens is 376 g/mol. The Morgan fingerprint density at radius 3 is 2.53 bits per heavy atom. The first-order valence-corrected chi connectivity index (χ1v) is 11.1. The molecule has 6 nitrogen and oxygen atoms in total. The molecule has 2 fully saturated rings. The SMILES string of the molecule is Cc1cc(=O)c(C(=O)N2CCN(Cc3ccccn3)CC2)c(CC2CCCC2)n1C. The highest BCUT2D eigenvalue weighted by atomic mass is 16.2. The van der Waals surface area contributed by atoms with Gasteiger partial charge in [0.25, 0.3) is 5.91 Å². The summed E-state index contributed by atoms with van der Waals surface area (Å²) in [5, 5.41) is 0. The van der Waals surface area contributed by atoms with E-state index < -0.39 is 0 Å². The molecular formula is C24H32N4O2. The van der Waals surface area contributed by atoms with E-state index in [0.717, 1.165) is 43.1 Å². The van der Waals surface area contributed by atoms with Gasteiger partial charge in [0.1, 0.15) is 5.56 Å². The summed E-state index contributed by atoms with van der Waals surface area (Å²) >= 11 is 0. The van der Waals surface area contributed by atoms with Crippen LogP contribution >= 0.6 is 0 Å². The van der Waals surface area contributed by atoms with Gasteiger partial charge >= 0.3 is 0 Å². The molecule has 0 unspecified atom stereocenters. The van der Waals surface area contributed by atoms with Crippen molar-refractivity contribution in [1.29, 1.82) is 0 Å². The van der Waals surface area contributed by atoms with Crippen molar-refractivity contribution in [3.63, 3.8) is 0 Å². The number of carbonyl (C=O) groups excluding carboxylic acids is 1. The van der Waals surface area contributed by atoms with Gasteiger partial charge in [-0.1, -0.05) is 31.7 Å². The van der Waals surface area contributed by atoms with Crippen LogP contribution in [0.25, 0.3) is 0 Å². The van der Waals surface area contributed by atoms with Crippen LogP contribution in [-0.4, -0.2) is 51.4 Å². The molecule has 0 aromatic carbocycles. The molecule has 0 atom stereocenters. The van der Waals surface area contributed by atoms with Crippen LogP contribution in [0.3, 0.4) is 0 Å². The molecule has 2 aliphatic rings. The van der Waals surface area contributed by atoms with Gasteiger partial charge in [-0.05, 0) is 31.4 Å². The van der Waals surface area contributed by atoms with Crippen LogP contribution < -0.4 is 5.43 Å². The van der Waals surface area contributed by atoms with Gasteiger partial charge in [-0.3, -0.25) is 19.5 Å². The number of hydrogen-bond acceptors (Lipinski definition) is 4. The van der Waals surface area contributed by atoms with Gasteiger partial charge in [-0.2, -0.15) is 0 Å². The summed E-state index contributed by atoms with van der Waals surface area (Å²) in [7, 11) is 1.99. The van der Waals surface area contributed by atoms with Crippen molar-refractivity contribution < 1.29 is 4.79 Å². The van der Waals surface area contributed by atoms with E-state index in [0.29, 0.717) is 24.6 Å². The van der Waals surface area contributed by atoms with Gasteiger partial charge in [-0.25, -0.2) is 0 Å². The van der Waals surface area contributed by atoms with E-state index in [2.05, 4.69) is 14.5 Å². The van der Waals surface area contributed by atoms with Gasteiger partial charge in [-0.15, -0.1) is 0 Å². The van der Waals surface area contributed by atoms with Crippen molar-refractivity contribution in [2.45, 2.75) is 45.6 Å². The summed E-state index contributed by atoms with van der Waals surface area (Å²) in [6, 6.07) is 7.57. The first-order chi connectivity index (χ1) is 14.5. The molecule has 2 aromatic heterocycles. The first-order valence-electron chi connectivity index (χ1n) is 11.1. The van der Waals surface area contributed by atoms with Crippen LogP contribution in [0.15, 0.2) is 35.3 Å². The number of pyridine rings is 2. The third kappa shape index (κ3) is 4.48. The molecule has 30 heavy (non-hydrogen) atoms. The van der Waals surface area contributed by atoms with Crippen molar-refractivity contribution in [2.75, 3.05) is 26.2 Å². The maximum absolute atomic E-state index is 13.4. The van der Waals surface area contributed by atoms with Crippen molar-refractivity contribution in [2.24, 2.45) is 13.0 Å². The zero-order chi connectivity index (χ0) is 21.1. The van der Waals surface area contributed by atoms with E-state index >= 15 is 0 Å². The highest BCUT2D eigenvalue weighted by molar-refractivity contribution is 5.95. The van der Waals surface area contributed by atoms with E-state index in [1.165, 1.54) is 25.7 Å².